The van der Waals surface area contributed by atoms with Crippen LogP contribution < -0.4 is 10.6 Å². The summed E-state index contributed by atoms with van der Waals surface area (Å²) >= 11 is 0. The minimum Gasteiger partial charge on any atom is -0.444 e. The highest BCUT2D eigenvalue weighted by Gasteiger charge is 2.40. The molecule has 0 bridgehead atoms. The third-order valence-corrected chi connectivity index (χ3v) is 4.86. The molecule has 1 rings (SSSR count). The lowest BCUT2D eigenvalue weighted by molar-refractivity contribution is -0.147. The zero-order valence-corrected chi connectivity index (χ0v) is 20.5. The number of rotatable bonds is 8. The standard InChI is InChI=1S/C24H39N3O4/c1-10-24(8,9)27(19(28)15-25-22(30)31-23(5,6)7)20(21(29)26-16(2)3)18-13-11-12-17(4)14-18/h11-14,16,20H,10,15H2,1-9H3,(H,25,30)(H,26,29). The molecule has 31 heavy (non-hydrogen) atoms. The molecular formula is C24H39N3O4. The van der Waals surface area contributed by atoms with Crippen molar-refractivity contribution in [1.29, 1.82) is 0 Å². The van der Waals surface area contributed by atoms with E-state index in [2.05, 4.69) is 10.6 Å². The number of nitrogens with zero attached hydrogens (tertiary/aromatic N) is 1. The van der Waals surface area contributed by atoms with Crippen molar-refractivity contribution in [2.75, 3.05) is 6.54 Å². The molecule has 7 heteroatoms. The van der Waals surface area contributed by atoms with Crippen LogP contribution in [0, 0.1) is 6.92 Å². The number of ether oxygens (including phenoxy) is 1. The zero-order valence-electron chi connectivity index (χ0n) is 20.5. The van der Waals surface area contributed by atoms with Crippen LogP contribution in [-0.4, -0.2) is 46.5 Å². The van der Waals surface area contributed by atoms with Crippen molar-refractivity contribution in [2.24, 2.45) is 0 Å². The fraction of sp³-hybridized carbons (Fsp3) is 0.625. The maximum Gasteiger partial charge on any atom is 0.408 e. The van der Waals surface area contributed by atoms with Gasteiger partial charge < -0.3 is 20.3 Å². The monoisotopic (exact) mass is 433 g/mol. The summed E-state index contributed by atoms with van der Waals surface area (Å²) in [7, 11) is 0. The molecule has 0 aliphatic carbocycles. The highest BCUT2D eigenvalue weighted by atomic mass is 16.6. The fourth-order valence-electron chi connectivity index (χ4n) is 3.17. The normalized spacial score (nSPS) is 12.8. The first-order valence-electron chi connectivity index (χ1n) is 10.8. The minimum absolute atomic E-state index is 0.0820. The summed E-state index contributed by atoms with van der Waals surface area (Å²) < 4.78 is 5.24. The Kier molecular flexibility index (Phi) is 9.09. The van der Waals surface area contributed by atoms with Gasteiger partial charge in [0, 0.05) is 11.6 Å². The number of carbonyl (C=O) groups excluding carboxylic acids is 3. The summed E-state index contributed by atoms with van der Waals surface area (Å²) in [5.74, 6) is -0.615. The number of hydrogen-bond acceptors (Lipinski definition) is 4. The molecule has 3 amide bonds. The highest BCUT2D eigenvalue weighted by Crippen LogP contribution is 2.31. The summed E-state index contributed by atoms with van der Waals surface area (Å²) in [5, 5.41) is 5.47. The van der Waals surface area contributed by atoms with Gasteiger partial charge >= 0.3 is 6.09 Å². The van der Waals surface area contributed by atoms with Gasteiger partial charge in [0.25, 0.3) is 0 Å². The Hall–Kier alpha value is -2.57. The van der Waals surface area contributed by atoms with E-state index in [0.29, 0.717) is 6.42 Å². The second-order valence-electron chi connectivity index (χ2n) is 9.77. The molecule has 0 fully saturated rings. The summed E-state index contributed by atoms with van der Waals surface area (Å²) in [6.07, 6.45) is -0.0449. The molecule has 2 N–H and O–H groups in total. The average Bonchev–Trinajstić information content (AvgIpc) is 2.61. The second-order valence-corrected chi connectivity index (χ2v) is 9.77. The first-order valence-corrected chi connectivity index (χ1v) is 10.8. The van der Waals surface area contributed by atoms with Crippen molar-refractivity contribution in [3.05, 3.63) is 35.4 Å². The Morgan fingerprint density at radius 1 is 1.10 bits per heavy atom. The van der Waals surface area contributed by atoms with E-state index in [0.717, 1.165) is 11.1 Å². The molecule has 1 aromatic carbocycles. The van der Waals surface area contributed by atoms with Gasteiger partial charge in [0.05, 0.1) is 0 Å². The quantitative estimate of drug-likeness (QED) is 0.646. The van der Waals surface area contributed by atoms with Gasteiger partial charge in [-0.25, -0.2) is 4.79 Å². The summed E-state index contributed by atoms with van der Waals surface area (Å²) in [5.41, 5.74) is 0.422. The van der Waals surface area contributed by atoms with Gasteiger partial charge in [-0.15, -0.1) is 0 Å². The molecule has 174 valence electrons. The molecule has 7 nitrogen and oxygen atoms in total. The van der Waals surface area contributed by atoms with Crippen LogP contribution in [0.3, 0.4) is 0 Å². The SMILES string of the molecule is CCC(C)(C)N(C(=O)CNC(=O)OC(C)(C)C)C(C(=O)NC(C)C)c1cccc(C)c1. The number of hydrogen-bond donors (Lipinski definition) is 2. The lowest BCUT2D eigenvalue weighted by atomic mass is 9.92. The molecule has 0 radical (unpaired) electrons. The fourth-order valence-corrected chi connectivity index (χ4v) is 3.17. The highest BCUT2D eigenvalue weighted by molar-refractivity contribution is 5.91. The summed E-state index contributed by atoms with van der Waals surface area (Å²) in [6.45, 7) is 16.5. The number of aryl methyl sites for hydroxylation is 1. The lowest BCUT2D eigenvalue weighted by Crippen LogP contribution is -2.56. The maximum absolute atomic E-state index is 13.4. The van der Waals surface area contributed by atoms with Crippen molar-refractivity contribution >= 4 is 17.9 Å². The molecule has 0 aromatic heterocycles. The summed E-state index contributed by atoms with van der Waals surface area (Å²) in [4.78, 5) is 40.3. The lowest BCUT2D eigenvalue weighted by Gasteiger charge is -2.43. The Bertz CT molecular complexity index is 781. The molecule has 1 aromatic rings. The van der Waals surface area contributed by atoms with E-state index < -0.39 is 23.3 Å². The molecular weight excluding hydrogens is 394 g/mol. The van der Waals surface area contributed by atoms with E-state index in [1.54, 1.807) is 25.7 Å². The van der Waals surface area contributed by atoms with Gasteiger partial charge in [0.2, 0.25) is 11.8 Å². The number of nitrogens with one attached hydrogen (secondary N) is 2. The van der Waals surface area contributed by atoms with E-state index in [4.69, 9.17) is 4.74 Å². The first kappa shape index (κ1) is 26.5. The molecule has 0 heterocycles. The van der Waals surface area contributed by atoms with Gasteiger partial charge in [-0.05, 0) is 67.4 Å². The average molecular weight is 434 g/mol. The Morgan fingerprint density at radius 3 is 2.19 bits per heavy atom. The number of alkyl carbamates (subject to hydrolysis) is 1. The smallest absolute Gasteiger partial charge is 0.408 e. The van der Waals surface area contributed by atoms with E-state index in [1.807, 2.05) is 65.8 Å². The topological polar surface area (TPSA) is 87.7 Å². The van der Waals surface area contributed by atoms with Crippen molar-refractivity contribution in [3.63, 3.8) is 0 Å². The van der Waals surface area contributed by atoms with E-state index >= 15 is 0 Å². The number of benzene rings is 1. The van der Waals surface area contributed by atoms with Crippen molar-refractivity contribution in [2.45, 2.75) is 92.0 Å². The van der Waals surface area contributed by atoms with Crippen LogP contribution in [0.15, 0.2) is 24.3 Å². The van der Waals surface area contributed by atoms with E-state index in [1.165, 1.54) is 0 Å². The van der Waals surface area contributed by atoms with Crippen molar-refractivity contribution in [1.82, 2.24) is 15.5 Å². The largest absolute Gasteiger partial charge is 0.444 e. The Morgan fingerprint density at radius 2 is 1.71 bits per heavy atom. The summed E-state index contributed by atoms with van der Waals surface area (Å²) in [6, 6.07) is 6.68. The molecule has 1 atom stereocenters. The van der Waals surface area contributed by atoms with Crippen LogP contribution in [0.25, 0.3) is 0 Å². The molecule has 0 aliphatic rings. The molecule has 0 saturated heterocycles. The van der Waals surface area contributed by atoms with Crippen LogP contribution in [0.1, 0.15) is 79.0 Å². The van der Waals surface area contributed by atoms with Crippen molar-refractivity contribution in [3.8, 4) is 0 Å². The number of carbonyl (C=O) groups is 3. The van der Waals surface area contributed by atoms with E-state index in [9.17, 15) is 14.4 Å². The third kappa shape index (κ3) is 8.23. The van der Waals surface area contributed by atoms with Crippen molar-refractivity contribution < 1.29 is 19.1 Å². The predicted molar refractivity (Wildman–Crippen MR) is 123 cm³/mol. The Balaban J connectivity index is 3.33. The molecule has 0 saturated carbocycles. The van der Waals surface area contributed by atoms with Gasteiger partial charge in [-0.1, -0.05) is 36.8 Å². The van der Waals surface area contributed by atoms with Crippen LogP contribution in [-0.2, 0) is 14.3 Å². The molecule has 0 aliphatic heterocycles. The molecule has 1 unspecified atom stereocenters. The van der Waals surface area contributed by atoms with Crippen LogP contribution >= 0.6 is 0 Å². The third-order valence-electron chi connectivity index (χ3n) is 4.86. The van der Waals surface area contributed by atoms with Gasteiger partial charge in [0.15, 0.2) is 0 Å². The van der Waals surface area contributed by atoms with Gasteiger partial charge in [-0.2, -0.15) is 0 Å². The van der Waals surface area contributed by atoms with Gasteiger partial charge in [0.1, 0.15) is 18.2 Å². The first-order chi connectivity index (χ1) is 14.2. The molecule has 0 spiro atoms. The van der Waals surface area contributed by atoms with Crippen LogP contribution in [0.4, 0.5) is 4.79 Å². The maximum atomic E-state index is 13.4. The second kappa shape index (κ2) is 10.6. The van der Waals surface area contributed by atoms with Crippen LogP contribution in [0.2, 0.25) is 0 Å². The zero-order chi connectivity index (χ0) is 24.0. The van der Waals surface area contributed by atoms with Gasteiger partial charge in [-0.3, -0.25) is 9.59 Å². The van der Waals surface area contributed by atoms with Crippen LogP contribution in [0.5, 0.6) is 0 Å². The van der Waals surface area contributed by atoms with E-state index in [-0.39, 0.29) is 24.4 Å². The predicted octanol–water partition coefficient (Wildman–Crippen LogP) is 4.10. The number of amides is 3. The minimum atomic E-state index is -0.829. The Labute approximate surface area is 186 Å².